The van der Waals surface area contributed by atoms with Gasteiger partial charge < -0.3 is 9.72 Å². The zero-order valence-corrected chi connectivity index (χ0v) is 14.9. The smallest absolute Gasteiger partial charge is 0.357 e. The number of hydrogen-bond donors (Lipinski definition) is 2. The highest BCUT2D eigenvalue weighted by Gasteiger charge is 2.18. The Morgan fingerprint density at radius 1 is 1.00 bits per heavy atom. The van der Waals surface area contributed by atoms with Crippen LogP contribution in [0, 0.1) is 10.1 Å². The van der Waals surface area contributed by atoms with Gasteiger partial charge in [0.25, 0.3) is 0 Å². The SMILES string of the molecule is C[C@@H](Oc1ccc(/C=C/c2[nH]c(=O)[nH]c(=O)c2[N+](=O)[O-])cc1)c1ccccc1. The second-order valence-electron chi connectivity index (χ2n) is 6.00. The minimum Gasteiger partial charge on any atom is -0.486 e. The lowest BCUT2D eigenvalue weighted by Gasteiger charge is -2.15. The molecule has 0 aliphatic rings. The summed E-state index contributed by atoms with van der Waals surface area (Å²) < 4.78 is 5.89. The van der Waals surface area contributed by atoms with Crippen molar-refractivity contribution in [1.82, 2.24) is 9.97 Å². The molecule has 0 radical (unpaired) electrons. The number of nitrogens with one attached hydrogen (secondary N) is 2. The van der Waals surface area contributed by atoms with Gasteiger partial charge in [-0.3, -0.25) is 19.9 Å². The first-order chi connectivity index (χ1) is 13.4. The van der Waals surface area contributed by atoms with Crippen LogP contribution >= 0.6 is 0 Å². The van der Waals surface area contributed by atoms with Crippen LogP contribution in [0.1, 0.15) is 29.8 Å². The molecule has 142 valence electrons. The molecule has 28 heavy (non-hydrogen) atoms. The molecule has 0 bridgehead atoms. The number of aromatic nitrogens is 2. The second kappa shape index (κ2) is 8.17. The summed E-state index contributed by atoms with van der Waals surface area (Å²) >= 11 is 0. The molecule has 3 aromatic rings. The van der Waals surface area contributed by atoms with Crippen LogP contribution in [0.3, 0.4) is 0 Å². The van der Waals surface area contributed by atoms with Gasteiger partial charge in [0.1, 0.15) is 17.5 Å². The largest absolute Gasteiger partial charge is 0.486 e. The highest BCUT2D eigenvalue weighted by molar-refractivity contribution is 5.71. The summed E-state index contributed by atoms with van der Waals surface area (Å²) in [5.41, 5.74) is -0.975. The lowest BCUT2D eigenvalue weighted by Crippen LogP contribution is -2.25. The van der Waals surface area contributed by atoms with Gasteiger partial charge in [-0.15, -0.1) is 0 Å². The Bertz CT molecular complexity index is 1120. The van der Waals surface area contributed by atoms with E-state index in [1.54, 1.807) is 30.3 Å². The first-order valence-electron chi connectivity index (χ1n) is 8.45. The monoisotopic (exact) mass is 379 g/mol. The van der Waals surface area contributed by atoms with Gasteiger partial charge in [0, 0.05) is 0 Å². The maximum absolute atomic E-state index is 11.6. The highest BCUT2D eigenvalue weighted by Crippen LogP contribution is 2.22. The minimum atomic E-state index is -1.05. The summed E-state index contributed by atoms with van der Waals surface area (Å²) in [6, 6.07) is 16.9. The van der Waals surface area contributed by atoms with Crippen molar-refractivity contribution in [1.29, 1.82) is 0 Å². The van der Waals surface area contributed by atoms with Crippen LogP contribution in [0.25, 0.3) is 12.2 Å². The van der Waals surface area contributed by atoms with Crippen molar-refractivity contribution in [2.45, 2.75) is 13.0 Å². The molecular formula is C20H17N3O5. The Morgan fingerprint density at radius 2 is 1.68 bits per heavy atom. The summed E-state index contributed by atoms with van der Waals surface area (Å²) in [7, 11) is 0. The first kappa shape index (κ1) is 18.8. The molecule has 8 heteroatoms. The summed E-state index contributed by atoms with van der Waals surface area (Å²) in [5.74, 6) is 0.670. The number of H-pyrrole nitrogens is 2. The molecule has 0 saturated carbocycles. The molecule has 3 rings (SSSR count). The number of ether oxygens (including phenoxy) is 1. The van der Waals surface area contributed by atoms with Gasteiger partial charge in [0.15, 0.2) is 0 Å². The average Bonchev–Trinajstić information content (AvgIpc) is 2.67. The summed E-state index contributed by atoms with van der Waals surface area (Å²) in [6.07, 6.45) is 2.76. The number of nitro groups is 1. The third-order valence-electron chi connectivity index (χ3n) is 4.03. The standard InChI is InChI=1S/C20H17N3O5/c1-13(15-5-3-2-4-6-15)28-16-10-7-14(8-11-16)9-12-17-18(23(26)27)19(24)22-20(25)21-17/h2-13H,1H3,(H2,21,22,24,25)/b12-9+/t13-/m1/s1. The highest BCUT2D eigenvalue weighted by atomic mass is 16.6. The molecule has 1 aromatic heterocycles. The minimum absolute atomic E-state index is 0.119. The summed E-state index contributed by atoms with van der Waals surface area (Å²) in [4.78, 5) is 37.3. The predicted molar refractivity (Wildman–Crippen MR) is 105 cm³/mol. The van der Waals surface area contributed by atoms with Crippen LogP contribution in [0.4, 0.5) is 5.69 Å². The van der Waals surface area contributed by atoms with E-state index in [9.17, 15) is 19.7 Å². The molecule has 2 N–H and O–H groups in total. The van der Waals surface area contributed by atoms with Gasteiger partial charge in [0.2, 0.25) is 0 Å². The quantitative estimate of drug-likeness (QED) is 0.503. The van der Waals surface area contributed by atoms with Crippen molar-refractivity contribution in [3.8, 4) is 5.75 Å². The molecule has 0 aliphatic carbocycles. The fraction of sp³-hybridized carbons (Fsp3) is 0.100. The maximum Gasteiger partial charge on any atom is 0.357 e. The normalized spacial score (nSPS) is 12.0. The van der Waals surface area contributed by atoms with E-state index in [2.05, 4.69) is 4.98 Å². The maximum atomic E-state index is 11.6. The number of hydrogen-bond acceptors (Lipinski definition) is 5. The van der Waals surface area contributed by atoms with Crippen LogP contribution < -0.4 is 16.0 Å². The number of nitrogens with zero attached hydrogens (tertiary/aromatic N) is 1. The summed E-state index contributed by atoms with van der Waals surface area (Å²) in [6.45, 7) is 1.95. The van der Waals surface area contributed by atoms with E-state index in [0.717, 1.165) is 11.1 Å². The van der Waals surface area contributed by atoms with E-state index in [1.807, 2.05) is 42.2 Å². The Morgan fingerprint density at radius 3 is 2.32 bits per heavy atom. The molecular weight excluding hydrogens is 362 g/mol. The molecule has 0 spiro atoms. The van der Waals surface area contributed by atoms with E-state index < -0.39 is 21.9 Å². The first-order valence-corrected chi connectivity index (χ1v) is 8.45. The zero-order valence-electron chi connectivity index (χ0n) is 14.9. The van der Waals surface area contributed by atoms with Crippen molar-refractivity contribution < 1.29 is 9.66 Å². The molecule has 0 aliphatic heterocycles. The van der Waals surface area contributed by atoms with Gasteiger partial charge in [-0.1, -0.05) is 48.5 Å². The van der Waals surface area contributed by atoms with Gasteiger partial charge in [-0.05, 0) is 36.3 Å². The second-order valence-corrected chi connectivity index (χ2v) is 6.00. The molecule has 0 amide bonds. The fourth-order valence-electron chi connectivity index (χ4n) is 2.63. The van der Waals surface area contributed by atoms with E-state index in [1.165, 1.54) is 6.08 Å². The van der Waals surface area contributed by atoms with Crippen molar-refractivity contribution in [2.75, 3.05) is 0 Å². The van der Waals surface area contributed by atoms with Crippen LogP contribution in [0.15, 0.2) is 64.2 Å². The molecule has 0 saturated heterocycles. The van der Waals surface area contributed by atoms with E-state index in [0.29, 0.717) is 5.75 Å². The lowest BCUT2D eigenvalue weighted by molar-refractivity contribution is -0.386. The topological polar surface area (TPSA) is 118 Å². The molecule has 1 heterocycles. The summed E-state index contributed by atoms with van der Waals surface area (Å²) in [5, 5.41) is 11.0. The number of benzene rings is 2. The predicted octanol–water partition coefficient (Wildman–Crippen LogP) is 3.28. The van der Waals surface area contributed by atoms with Crippen molar-refractivity contribution in [3.63, 3.8) is 0 Å². The van der Waals surface area contributed by atoms with Crippen molar-refractivity contribution in [3.05, 3.63) is 102 Å². The molecule has 0 fully saturated rings. The van der Waals surface area contributed by atoms with Crippen LogP contribution in [-0.2, 0) is 0 Å². The number of aromatic amines is 2. The van der Waals surface area contributed by atoms with E-state index in [4.69, 9.17) is 4.74 Å². The van der Waals surface area contributed by atoms with Crippen LogP contribution in [-0.4, -0.2) is 14.9 Å². The van der Waals surface area contributed by atoms with Crippen molar-refractivity contribution in [2.24, 2.45) is 0 Å². The van der Waals surface area contributed by atoms with Gasteiger partial charge in [-0.25, -0.2) is 4.79 Å². The average molecular weight is 379 g/mol. The van der Waals surface area contributed by atoms with Gasteiger partial charge in [0.05, 0.1) is 4.92 Å². The van der Waals surface area contributed by atoms with Crippen LogP contribution in [0.2, 0.25) is 0 Å². The van der Waals surface area contributed by atoms with Crippen molar-refractivity contribution >= 4 is 17.8 Å². The molecule has 1 atom stereocenters. The zero-order chi connectivity index (χ0) is 20.1. The molecule has 0 unspecified atom stereocenters. The van der Waals surface area contributed by atoms with Gasteiger partial charge in [-0.2, -0.15) is 0 Å². The Hall–Kier alpha value is -3.94. The third kappa shape index (κ3) is 4.42. The molecule has 2 aromatic carbocycles. The Kier molecular flexibility index (Phi) is 5.50. The van der Waals surface area contributed by atoms with Crippen LogP contribution in [0.5, 0.6) is 5.75 Å². The molecule has 8 nitrogen and oxygen atoms in total. The van der Waals surface area contributed by atoms with E-state index >= 15 is 0 Å². The fourth-order valence-corrected chi connectivity index (χ4v) is 2.63. The Balaban J connectivity index is 1.77. The Labute approximate surface area is 159 Å². The lowest BCUT2D eigenvalue weighted by atomic mass is 10.1. The van der Waals surface area contributed by atoms with Gasteiger partial charge >= 0.3 is 16.9 Å². The number of rotatable bonds is 6. The van der Waals surface area contributed by atoms with E-state index in [-0.39, 0.29) is 11.8 Å². The third-order valence-corrected chi connectivity index (χ3v) is 4.03.